The topological polar surface area (TPSA) is 8.17 Å². The van der Waals surface area contributed by atoms with Crippen molar-refractivity contribution in [1.82, 2.24) is 4.57 Å². The molecule has 60 heavy (non-hydrogen) atoms. The molecule has 0 aliphatic carbocycles. The molecule has 1 heterocycles. The van der Waals surface area contributed by atoms with Crippen LogP contribution >= 0.6 is 0 Å². The lowest BCUT2D eigenvalue weighted by molar-refractivity contribution is 1.18. The molecular formula is C58H40N2. The van der Waals surface area contributed by atoms with E-state index in [9.17, 15) is 0 Å². The van der Waals surface area contributed by atoms with Gasteiger partial charge in [-0.05, 0) is 110 Å². The normalized spacial score (nSPS) is 11.3. The van der Waals surface area contributed by atoms with Crippen LogP contribution < -0.4 is 4.90 Å². The largest absolute Gasteiger partial charge is 0.311 e. The lowest BCUT2D eigenvalue weighted by Crippen LogP contribution is -2.09. The van der Waals surface area contributed by atoms with Crippen molar-refractivity contribution in [1.29, 1.82) is 0 Å². The summed E-state index contributed by atoms with van der Waals surface area (Å²) in [6, 6.07) is 87.7. The maximum atomic E-state index is 2.45. The summed E-state index contributed by atoms with van der Waals surface area (Å²) in [5, 5.41) is 5.01. The van der Waals surface area contributed by atoms with Crippen LogP contribution in [0.2, 0.25) is 0 Å². The molecule has 0 aliphatic rings. The molecule has 0 unspecified atom stereocenters. The van der Waals surface area contributed by atoms with Crippen molar-refractivity contribution < 1.29 is 0 Å². The molecule has 0 spiro atoms. The van der Waals surface area contributed by atoms with Gasteiger partial charge in [-0.15, -0.1) is 0 Å². The van der Waals surface area contributed by atoms with E-state index in [2.05, 4.69) is 252 Å². The third-order valence-electron chi connectivity index (χ3n) is 11.8. The minimum atomic E-state index is 1.10. The molecule has 0 atom stereocenters. The first-order chi connectivity index (χ1) is 29.8. The summed E-state index contributed by atoms with van der Waals surface area (Å²) in [5.74, 6) is 0. The van der Waals surface area contributed by atoms with Gasteiger partial charge in [-0.25, -0.2) is 0 Å². The summed E-state index contributed by atoms with van der Waals surface area (Å²) in [6.45, 7) is 0. The first-order valence-corrected chi connectivity index (χ1v) is 20.6. The summed E-state index contributed by atoms with van der Waals surface area (Å²) < 4.78 is 2.45. The Hall–Kier alpha value is -7.94. The van der Waals surface area contributed by atoms with Crippen molar-refractivity contribution in [2.75, 3.05) is 4.90 Å². The molecule has 11 rings (SSSR count). The maximum Gasteiger partial charge on any atom is 0.0547 e. The number of para-hydroxylation sites is 3. The Morgan fingerprint density at radius 1 is 0.283 bits per heavy atom. The molecule has 11 aromatic rings. The van der Waals surface area contributed by atoms with Gasteiger partial charge in [0.15, 0.2) is 0 Å². The Bertz CT molecular complexity index is 3270. The van der Waals surface area contributed by atoms with Crippen LogP contribution in [0.5, 0.6) is 0 Å². The second-order valence-corrected chi connectivity index (χ2v) is 15.3. The zero-order valence-corrected chi connectivity index (χ0v) is 33.0. The van der Waals surface area contributed by atoms with E-state index in [4.69, 9.17) is 0 Å². The van der Waals surface area contributed by atoms with Crippen LogP contribution in [-0.4, -0.2) is 4.57 Å². The number of rotatable bonds is 8. The van der Waals surface area contributed by atoms with Crippen molar-refractivity contribution in [3.05, 3.63) is 243 Å². The molecule has 10 aromatic carbocycles. The van der Waals surface area contributed by atoms with E-state index < -0.39 is 0 Å². The minimum Gasteiger partial charge on any atom is -0.311 e. The maximum absolute atomic E-state index is 2.45. The lowest BCUT2D eigenvalue weighted by atomic mass is 9.97. The number of hydrogen-bond acceptors (Lipinski definition) is 1. The number of nitrogens with zero attached hydrogens (tertiary/aromatic N) is 2. The Labute approximate surface area is 350 Å². The second-order valence-electron chi connectivity index (χ2n) is 15.3. The Morgan fingerprint density at radius 3 is 1.48 bits per heavy atom. The highest BCUT2D eigenvalue weighted by Gasteiger charge is 2.19. The third kappa shape index (κ3) is 6.32. The van der Waals surface area contributed by atoms with Gasteiger partial charge in [0.1, 0.15) is 0 Å². The molecule has 0 fully saturated rings. The van der Waals surface area contributed by atoms with Gasteiger partial charge in [0, 0.05) is 33.4 Å². The molecule has 0 aliphatic heterocycles. The van der Waals surface area contributed by atoms with Crippen molar-refractivity contribution in [3.63, 3.8) is 0 Å². The summed E-state index contributed by atoms with van der Waals surface area (Å²) in [5.41, 5.74) is 16.5. The molecule has 282 valence electrons. The van der Waals surface area contributed by atoms with Gasteiger partial charge < -0.3 is 9.47 Å². The standard InChI is InChI=1S/C58H40N2/c1-3-14-41(15-4-1)43-26-28-44(29-27-43)45-32-36-50(37-33-45)59(49-18-5-2-6-19-49)51-38-34-46(35-39-51)52-20-9-11-23-55(52)60-56-24-12-10-21-54(56)58-53(22-13-25-57(58)60)48-31-30-42-16-7-8-17-47(42)40-48/h1-40H. The number of benzene rings is 10. The number of hydrogen-bond donors (Lipinski definition) is 0. The van der Waals surface area contributed by atoms with Crippen LogP contribution in [0.15, 0.2) is 243 Å². The van der Waals surface area contributed by atoms with Gasteiger partial charge in [-0.2, -0.15) is 0 Å². The van der Waals surface area contributed by atoms with Gasteiger partial charge in [0.25, 0.3) is 0 Å². The van der Waals surface area contributed by atoms with Crippen LogP contribution in [0.1, 0.15) is 0 Å². The fourth-order valence-electron chi connectivity index (χ4n) is 8.89. The van der Waals surface area contributed by atoms with Gasteiger partial charge in [-0.3, -0.25) is 0 Å². The van der Waals surface area contributed by atoms with Crippen LogP contribution in [0, 0.1) is 0 Å². The molecule has 1 aromatic heterocycles. The predicted octanol–water partition coefficient (Wildman–Crippen LogP) is 16.1. The second kappa shape index (κ2) is 15.1. The SMILES string of the molecule is c1ccc(-c2ccc(-c3ccc(N(c4ccccc4)c4ccc(-c5ccccc5-n5c6ccccc6c6c(-c7ccc8ccccc8c7)cccc65)cc4)cc3)cc2)cc1. The average Bonchev–Trinajstić information content (AvgIpc) is 3.67. The fourth-order valence-corrected chi connectivity index (χ4v) is 8.89. The highest BCUT2D eigenvalue weighted by atomic mass is 15.1. The van der Waals surface area contributed by atoms with Crippen LogP contribution in [0.4, 0.5) is 17.1 Å². The third-order valence-corrected chi connectivity index (χ3v) is 11.8. The Kier molecular flexibility index (Phi) is 8.87. The molecule has 0 bridgehead atoms. The van der Waals surface area contributed by atoms with Crippen LogP contribution in [0.25, 0.3) is 82.8 Å². The zero-order valence-electron chi connectivity index (χ0n) is 33.0. The van der Waals surface area contributed by atoms with E-state index >= 15 is 0 Å². The molecule has 2 heteroatoms. The van der Waals surface area contributed by atoms with Crippen molar-refractivity contribution >= 4 is 49.6 Å². The molecule has 2 nitrogen and oxygen atoms in total. The Morgan fingerprint density at radius 2 is 0.767 bits per heavy atom. The lowest BCUT2D eigenvalue weighted by Gasteiger charge is -2.26. The van der Waals surface area contributed by atoms with Gasteiger partial charge >= 0.3 is 0 Å². The summed E-state index contributed by atoms with van der Waals surface area (Å²) in [6.07, 6.45) is 0. The average molecular weight is 765 g/mol. The summed E-state index contributed by atoms with van der Waals surface area (Å²) >= 11 is 0. The Balaban J connectivity index is 0.964. The molecule has 0 N–H and O–H groups in total. The number of fused-ring (bicyclic) bond motifs is 4. The van der Waals surface area contributed by atoms with Gasteiger partial charge in [-0.1, -0.05) is 182 Å². The van der Waals surface area contributed by atoms with E-state index in [1.54, 1.807) is 0 Å². The highest BCUT2D eigenvalue weighted by Crippen LogP contribution is 2.42. The highest BCUT2D eigenvalue weighted by molar-refractivity contribution is 6.16. The smallest absolute Gasteiger partial charge is 0.0547 e. The van der Waals surface area contributed by atoms with E-state index in [1.807, 2.05) is 0 Å². The first kappa shape index (κ1) is 35.2. The van der Waals surface area contributed by atoms with Gasteiger partial charge in [0.05, 0.1) is 16.7 Å². The van der Waals surface area contributed by atoms with Crippen LogP contribution in [0.3, 0.4) is 0 Å². The van der Waals surface area contributed by atoms with Crippen LogP contribution in [-0.2, 0) is 0 Å². The van der Waals surface area contributed by atoms with E-state index in [0.717, 1.165) is 28.3 Å². The fraction of sp³-hybridized carbons (Fsp3) is 0. The molecule has 0 radical (unpaired) electrons. The van der Waals surface area contributed by atoms with E-state index in [0.29, 0.717) is 0 Å². The molecule has 0 saturated heterocycles. The first-order valence-electron chi connectivity index (χ1n) is 20.6. The predicted molar refractivity (Wildman–Crippen MR) is 255 cm³/mol. The van der Waals surface area contributed by atoms with E-state index in [1.165, 1.54) is 71.5 Å². The van der Waals surface area contributed by atoms with E-state index in [-0.39, 0.29) is 0 Å². The minimum absolute atomic E-state index is 1.10. The van der Waals surface area contributed by atoms with Crippen molar-refractivity contribution in [3.8, 4) is 50.2 Å². The quantitative estimate of drug-likeness (QED) is 0.150. The van der Waals surface area contributed by atoms with Gasteiger partial charge in [0.2, 0.25) is 0 Å². The molecule has 0 saturated carbocycles. The summed E-state index contributed by atoms with van der Waals surface area (Å²) in [4.78, 5) is 2.33. The number of anilines is 3. The zero-order chi connectivity index (χ0) is 39.8. The number of aromatic nitrogens is 1. The van der Waals surface area contributed by atoms with Crippen molar-refractivity contribution in [2.24, 2.45) is 0 Å². The molecular weight excluding hydrogens is 725 g/mol. The monoisotopic (exact) mass is 764 g/mol. The molecule has 0 amide bonds. The summed E-state index contributed by atoms with van der Waals surface area (Å²) in [7, 11) is 0. The van der Waals surface area contributed by atoms with Crippen molar-refractivity contribution in [2.45, 2.75) is 0 Å².